The number of amidine groups is 1. The second-order valence-electron chi connectivity index (χ2n) is 5.86. The minimum absolute atomic E-state index is 0.0145. The zero-order valence-corrected chi connectivity index (χ0v) is 14.6. The first-order chi connectivity index (χ1) is 11.0. The van der Waals surface area contributed by atoms with Crippen molar-refractivity contribution < 1.29 is 13.2 Å². The molecule has 0 saturated carbocycles. The van der Waals surface area contributed by atoms with Crippen LogP contribution in [0.2, 0.25) is 0 Å². The van der Waals surface area contributed by atoms with Crippen LogP contribution in [0, 0.1) is 0 Å². The fourth-order valence-corrected chi connectivity index (χ4v) is 7.10. The second kappa shape index (κ2) is 6.65. The molecule has 23 heavy (non-hydrogen) atoms. The Balaban J connectivity index is 1.64. The third-order valence-electron chi connectivity index (χ3n) is 4.21. The maximum Gasteiger partial charge on any atom is 0.248 e. The molecule has 7 heteroatoms. The smallest absolute Gasteiger partial charge is 0.248 e. The van der Waals surface area contributed by atoms with Gasteiger partial charge in [0.15, 0.2) is 15.0 Å². The lowest BCUT2D eigenvalue weighted by Gasteiger charge is -2.22. The Labute approximate surface area is 141 Å². The summed E-state index contributed by atoms with van der Waals surface area (Å²) in [4.78, 5) is 18.4. The first kappa shape index (κ1) is 16.5. The Hall–Kier alpha value is -1.34. The van der Waals surface area contributed by atoms with Crippen LogP contribution < -0.4 is 0 Å². The topological polar surface area (TPSA) is 66.8 Å². The van der Waals surface area contributed by atoms with Crippen molar-refractivity contribution in [2.24, 2.45) is 4.99 Å². The number of carbonyl (C=O) groups excluding carboxylic acids is 1. The van der Waals surface area contributed by atoms with Crippen LogP contribution in [-0.4, -0.2) is 53.7 Å². The van der Waals surface area contributed by atoms with Gasteiger partial charge in [0.25, 0.3) is 0 Å². The fraction of sp³-hybridized carbons (Fsp3) is 0.500. The van der Waals surface area contributed by atoms with E-state index in [0.29, 0.717) is 24.6 Å². The predicted octanol–water partition coefficient (Wildman–Crippen LogP) is 1.74. The van der Waals surface area contributed by atoms with Crippen molar-refractivity contribution in [1.82, 2.24) is 4.90 Å². The van der Waals surface area contributed by atoms with E-state index in [-0.39, 0.29) is 28.7 Å². The Morgan fingerprint density at radius 2 is 2.04 bits per heavy atom. The van der Waals surface area contributed by atoms with Gasteiger partial charge in [-0.05, 0) is 18.9 Å². The third kappa shape index (κ3) is 3.77. The van der Waals surface area contributed by atoms with E-state index >= 15 is 0 Å². The summed E-state index contributed by atoms with van der Waals surface area (Å²) in [6, 6.07) is 9.83. The van der Waals surface area contributed by atoms with Crippen LogP contribution >= 0.6 is 11.8 Å². The average molecular weight is 352 g/mol. The maximum atomic E-state index is 12.1. The number of nitrogens with zero attached hydrogens (tertiary/aromatic N) is 2. The van der Waals surface area contributed by atoms with Crippen LogP contribution in [0.25, 0.3) is 0 Å². The van der Waals surface area contributed by atoms with E-state index in [9.17, 15) is 13.2 Å². The molecule has 2 aliphatic heterocycles. The Morgan fingerprint density at radius 1 is 1.30 bits per heavy atom. The molecule has 5 nitrogen and oxygen atoms in total. The van der Waals surface area contributed by atoms with E-state index in [1.807, 2.05) is 42.2 Å². The molecule has 0 aliphatic carbocycles. The van der Waals surface area contributed by atoms with Gasteiger partial charge in [0.05, 0.1) is 17.5 Å². The summed E-state index contributed by atoms with van der Waals surface area (Å²) in [7, 11) is -2.95. The first-order valence-corrected chi connectivity index (χ1v) is 10.5. The SMILES string of the molecule is CCN1C(=NC(=O)CCc2ccccc2)SC2CS(=O)(=O)CC21. The Morgan fingerprint density at radius 3 is 2.74 bits per heavy atom. The molecule has 1 amide bonds. The molecule has 124 valence electrons. The molecular weight excluding hydrogens is 332 g/mol. The van der Waals surface area contributed by atoms with Gasteiger partial charge in [-0.25, -0.2) is 8.42 Å². The van der Waals surface area contributed by atoms with E-state index in [1.54, 1.807) is 0 Å². The fourth-order valence-electron chi connectivity index (χ4n) is 3.06. The summed E-state index contributed by atoms with van der Waals surface area (Å²) >= 11 is 1.44. The van der Waals surface area contributed by atoms with Crippen LogP contribution in [0.5, 0.6) is 0 Å². The summed E-state index contributed by atoms with van der Waals surface area (Å²) in [5.74, 6) is 0.226. The van der Waals surface area contributed by atoms with Gasteiger partial charge in [0.1, 0.15) is 0 Å². The zero-order chi connectivity index (χ0) is 16.4. The van der Waals surface area contributed by atoms with Crippen molar-refractivity contribution in [2.75, 3.05) is 18.1 Å². The van der Waals surface area contributed by atoms with Crippen molar-refractivity contribution in [3.05, 3.63) is 35.9 Å². The highest BCUT2D eigenvalue weighted by atomic mass is 32.2. The van der Waals surface area contributed by atoms with Gasteiger partial charge in [0, 0.05) is 18.2 Å². The van der Waals surface area contributed by atoms with Crippen LogP contribution in [0.3, 0.4) is 0 Å². The molecular formula is C16H20N2O3S2. The number of fused-ring (bicyclic) bond motifs is 1. The van der Waals surface area contributed by atoms with Crippen LogP contribution in [0.1, 0.15) is 18.9 Å². The lowest BCUT2D eigenvalue weighted by Crippen LogP contribution is -2.37. The summed E-state index contributed by atoms with van der Waals surface area (Å²) in [6.45, 7) is 2.65. The number of rotatable bonds is 4. The molecule has 0 N–H and O–H groups in total. The van der Waals surface area contributed by atoms with E-state index in [4.69, 9.17) is 0 Å². The Kier molecular flexibility index (Phi) is 4.77. The molecule has 2 fully saturated rings. The molecule has 1 aromatic carbocycles. The van der Waals surface area contributed by atoms with Gasteiger partial charge in [0.2, 0.25) is 5.91 Å². The van der Waals surface area contributed by atoms with Crippen molar-refractivity contribution in [2.45, 2.75) is 31.1 Å². The number of aliphatic imine (C=N–C) groups is 1. The number of benzene rings is 1. The molecule has 1 aromatic rings. The quantitative estimate of drug-likeness (QED) is 0.826. The number of sulfone groups is 1. The summed E-state index contributed by atoms with van der Waals surface area (Å²) in [5.41, 5.74) is 1.12. The molecule has 0 radical (unpaired) electrons. The van der Waals surface area contributed by atoms with Gasteiger partial charge >= 0.3 is 0 Å². The van der Waals surface area contributed by atoms with Crippen molar-refractivity contribution >= 4 is 32.7 Å². The zero-order valence-electron chi connectivity index (χ0n) is 13.0. The van der Waals surface area contributed by atoms with Gasteiger partial charge < -0.3 is 4.90 Å². The van der Waals surface area contributed by atoms with Gasteiger partial charge in [-0.1, -0.05) is 42.1 Å². The first-order valence-electron chi connectivity index (χ1n) is 7.77. The average Bonchev–Trinajstić information content (AvgIpc) is 2.97. The summed E-state index contributed by atoms with van der Waals surface area (Å²) in [6.07, 6.45) is 1.05. The third-order valence-corrected chi connectivity index (χ3v) is 7.45. The van der Waals surface area contributed by atoms with Gasteiger partial charge in [-0.15, -0.1) is 0 Å². The van der Waals surface area contributed by atoms with Gasteiger partial charge in [-0.2, -0.15) is 4.99 Å². The maximum absolute atomic E-state index is 12.1. The lowest BCUT2D eigenvalue weighted by atomic mass is 10.1. The van der Waals surface area contributed by atoms with E-state index in [1.165, 1.54) is 11.8 Å². The van der Waals surface area contributed by atoms with E-state index in [2.05, 4.69) is 4.99 Å². The molecule has 0 bridgehead atoms. The highest BCUT2D eigenvalue weighted by Gasteiger charge is 2.48. The molecule has 3 rings (SSSR count). The number of carbonyl (C=O) groups is 1. The largest absolute Gasteiger partial charge is 0.346 e. The van der Waals surface area contributed by atoms with Crippen LogP contribution in [0.4, 0.5) is 0 Å². The minimum atomic E-state index is -2.95. The van der Waals surface area contributed by atoms with E-state index in [0.717, 1.165) is 5.56 Å². The molecule has 0 aromatic heterocycles. The summed E-state index contributed by atoms with van der Waals surface area (Å²) < 4.78 is 23.5. The van der Waals surface area contributed by atoms with Crippen molar-refractivity contribution in [1.29, 1.82) is 0 Å². The monoisotopic (exact) mass is 352 g/mol. The summed E-state index contributed by atoms with van der Waals surface area (Å²) in [5, 5.41) is 0.705. The molecule has 2 atom stereocenters. The van der Waals surface area contributed by atoms with Crippen molar-refractivity contribution in [3.8, 4) is 0 Å². The molecule has 2 unspecified atom stereocenters. The number of thioether (sulfide) groups is 1. The van der Waals surface area contributed by atoms with E-state index < -0.39 is 9.84 Å². The second-order valence-corrected chi connectivity index (χ2v) is 9.22. The normalized spacial score (nSPS) is 27.3. The van der Waals surface area contributed by atoms with Crippen LogP contribution in [-0.2, 0) is 21.1 Å². The number of hydrogen-bond donors (Lipinski definition) is 0. The molecule has 0 spiro atoms. The molecule has 2 heterocycles. The number of aryl methyl sites for hydroxylation is 1. The molecule has 2 aliphatic rings. The highest BCUT2D eigenvalue weighted by Crippen LogP contribution is 2.37. The predicted molar refractivity (Wildman–Crippen MR) is 93.4 cm³/mol. The van der Waals surface area contributed by atoms with Crippen LogP contribution in [0.15, 0.2) is 35.3 Å². The number of hydrogen-bond acceptors (Lipinski definition) is 4. The number of amides is 1. The highest BCUT2D eigenvalue weighted by molar-refractivity contribution is 8.15. The Bertz CT molecular complexity index is 716. The minimum Gasteiger partial charge on any atom is -0.346 e. The van der Waals surface area contributed by atoms with Gasteiger partial charge in [-0.3, -0.25) is 4.79 Å². The van der Waals surface area contributed by atoms with Crippen molar-refractivity contribution in [3.63, 3.8) is 0 Å². The molecule has 2 saturated heterocycles. The lowest BCUT2D eigenvalue weighted by molar-refractivity contribution is -0.117. The standard InChI is InChI=1S/C16H20N2O3S2/c1-2-18-13-10-23(20,21)11-14(13)22-16(18)17-15(19)9-8-12-6-4-3-5-7-12/h3-7,13-14H,2,8-11H2,1H3.